The summed E-state index contributed by atoms with van der Waals surface area (Å²) in [6.07, 6.45) is 2.51. The van der Waals surface area contributed by atoms with Crippen molar-refractivity contribution in [2.24, 2.45) is 0 Å². The number of likely N-dealkylation sites (tertiary alicyclic amines) is 1. The third-order valence-corrected chi connectivity index (χ3v) is 4.05. The molecular formula is C17H20N2O2. The van der Waals surface area contributed by atoms with Crippen molar-refractivity contribution in [3.63, 3.8) is 0 Å². The van der Waals surface area contributed by atoms with Gasteiger partial charge in [0.1, 0.15) is 11.4 Å². The second kappa shape index (κ2) is 5.84. The SMILES string of the molecule is COc1ccnc(CN2CCC(O)(c3ccccc3)C2)c1. The molecule has 2 aromatic rings. The van der Waals surface area contributed by atoms with Gasteiger partial charge in [0.15, 0.2) is 0 Å². The molecule has 1 aliphatic rings. The summed E-state index contributed by atoms with van der Waals surface area (Å²) in [5.74, 6) is 0.817. The molecule has 1 saturated heterocycles. The van der Waals surface area contributed by atoms with Crippen molar-refractivity contribution in [3.05, 3.63) is 59.9 Å². The maximum Gasteiger partial charge on any atom is 0.122 e. The molecule has 1 fully saturated rings. The quantitative estimate of drug-likeness (QED) is 0.935. The number of nitrogens with zero attached hydrogens (tertiary/aromatic N) is 2. The minimum atomic E-state index is -0.750. The Morgan fingerprint density at radius 1 is 1.29 bits per heavy atom. The highest BCUT2D eigenvalue weighted by atomic mass is 16.5. The average Bonchev–Trinajstić information content (AvgIpc) is 2.91. The number of β-amino-alcohol motifs (C(OH)–C–C–N with tert-alkyl or cyclic N) is 1. The summed E-state index contributed by atoms with van der Waals surface area (Å²) in [5.41, 5.74) is 1.21. The highest BCUT2D eigenvalue weighted by Crippen LogP contribution is 2.32. The molecule has 0 bridgehead atoms. The number of rotatable bonds is 4. The first-order valence-electron chi connectivity index (χ1n) is 7.19. The van der Waals surface area contributed by atoms with Gasteiger partial charge >= 0.3 is 0 Å². The Hall–Kier alpha value is -1.91. The zero-order valence-corrected chi connectivity index (χ0v) is 12.2. The predicted octanol–water partition coefficient (Wildman–Crippen LogP) is 2.18. The Balaban J connectivity index is 1.69. The van der Waals surface area contributed by atoms with E-state index in [2.05, 4.69) is 9.88 Å². The topological polar surface area (TPSA) is 45.6 Å². The largest absolute Gasteiger partial charge is 0.497 e. The minimum Gasteiger partial charge on any atom is -0.497 e. The number of methoxy groups -OCH3 is 1. The van der Waals surface area contributed by atoms with Gasteiger partial charge in [0, 0.05) is 31.9 Å². The third kappa shape index (κ3) is 3.06. The van der Waals surface area contributed by atoms with Crippen LogP contribution < -0.4 is 4.74 Å². The Morgan fingerprint density at radius 2 is 2.10 bits per heavy atom. The van der Waals surface area contributed by atoms with Gasteiger partial charge in [-0.25, -0.2) is 0 Å². The first-order valence-corrected chi connectivity index (χ1v) is 7.19. The fraction of sp³-hybridized carbons (Fsp3) is 0.353. The Morgan fingerprint density at radius 3 is 2.86 bits per heavy atom. The van der Waals surface area contributed by atoms with Crippen LogP contribution in [0.1, 0.15) is 17.7 Å². The molecule has 21 heavy (non-hydrogen) atoms. The molecule has 4 heteroatoms. The van der Waals surface area contributed by atoms with Crippen LogP contribution >= 0.6 is 0 Å². The first kappa shape index (κ1) is 14.0. The summed E-state index contributed by atoms with van der Waals surface area (Å²) >= 11 is 0. The monoisotopic (exact) mass is 284 g/mol. The lowest BCUT2D eigenvalue weighted by atomic mass is 9.93. The Labute approximate surface area is 125 Å². The van der Waals surface area contributed by atoms with Gasteiger partial charge in [0.2, 0.25) is 0 Å². The van der Waals surface area contributed by atoms with Gasteiger partial charge in [-0.05, 0) is 18.1 Å². The van der Waals surface area contributed by atoms with E-state index in [1.165, 1.54) is 0 Å². The third-order valence-electron chi connectivity index (χ3n) is 4.05. The lowest BCUT2D eigenvalue weighted by Crippen LogP contribution is -2.30. The van der Waals surface area contributed by atoms with Crippen molar-refractivity contribution in [2.45, 2.75) is 18.6 Å². The maximum atomic E-state index is 10.8. The maximum absolute atomic E-state index is 10.8. The van der Waals surface area contributed by atoms with Crippen molar-refractivity contribution in [1.29, 1.82) is 0 Å². The second-order valence-corrected chi connectivity index (χ2v) is 5.55. The Bertz CT molecular complexity index is 603. The molecule has 0 aliphatic carbocycles. The van der Waals surface area contributed by atoms with Crippen LogP contribution in [0.2, 0.25) is 0 Å². The van der Waals surface area contributed by atoms with Crippen molar-refractivity contribution in [3.8, 4) is 5.75 Å². The molecule has 3 rings (SSSR count). The van der Waals surface area contributed by atoms with E-state index in [1.807, 2.05) is 42.5 Å². The smallest absolute Gasteiger partial charge is 0.122 e. The van der Waals surface area contributed by atoms with E-state index in [9.17, 15) is 5.11 Å². The standard InChI is InChI=1S/C17H20N2O2/c1-21-16-7-9-18-15(11-16)12-19-10-8-17(20,13-19)14-5-3-2-4-6-14/h2-7,9,11,20H,8,10,12-13H2,1H3. The van der Waals surface area contributed by atoms with E-state index < -0.39 is 5.60 Å². The number of aliphatic hydroxyl groups is 1. The molecular weight excluding hydrogens is 264 g/mol. The van der Waals surface area contributed by atoms with E-state index in [0.29, 0.717) is 6.54 Å². The number of ether oxygens (including phenoxy) is 1. The minimum absolute atomic E-state index is 0.635. The first-order chi connectivity index (χ1) is 10.2. The molecule has 0 amide bonds. The number of hydrogen-bond donors (Lipinski definition) is 1. The van der Waals surface area contributed by atoms with E-state index in [1.54, 1.807) is 13.3 Å². The molecule has 1 N–H and O–H groups in total. The van der Waals surface area contributed by atoms with Crippen LogP contribution in [0.5, 0.6) is 5.75 Å². The average molecular weight is 284 g/mol. The van der Waals surface area contributed by atoms with Gasteiger partial charge in [0.25, 0.3) is 0 Å². The van der Waals surface area contributed by atoms with Crippen LogP contribution in [0.4, 0.5) is 0 Å². The van der Waals surface area contributed by atoms with Gasteiger partial charge in [-0.3, -0.25) is 9.88 Å². The molecule has 0 radical (unpaired) electrons. The fourth-order valence-electron chi connectivity index (χ4n) is 2.89. The zero-order chi connectivity index (χ0) is 14.7. The van der Waals surface area contributed by atoms with Crippen LogP contribution in [0.3, 0.4) is 0 Å². The zero-order valence-electron chi connectivity index (χ0n) is 12.2. The van der Waals surface area contributed by atoms with Crippen LogP contribution in [0.25, 0.3) is 0 Å². The molecule has 1 aliphatic heterocycles. The predicted molar refractivity (Wildman–Crippen MR) is 81.0 cm³/mol. The normalized spacial score (nSPS) is 22.4. The molecule has 0 saturated carbocycles. The van der Waals surface area contributed by atoms with Crippen LogP contribution in [-0.2, 0) is 12.1 Å². The van der Waals surface area contributed by atoms with Crippen molar-refractivity contribution < 1.29 is 9.84 Å². The summed E-state index contributed by atoms with van der Waals surface area (Å²) in [6.45, 7) is 2.23. The van der Waals surface area contributed by atoms with Gasteiger partial charge in [-0.1, -0.05) is 30.3 Å². The van der Waals surface area contributed by atoms with Gasteiger partial charge in [-0.2, -0.15) is 0 Å². The van der Waals surface area contributed by atoms with Gasteiger partial charge in [0.05, 0.1) is 12.8 Å². The van der Waals surface area contributed by atoms with Crippen LogP contribution in [0.15, 0.2) is 48.7 Å². The highest BCUT2D eigenvalue weighted by molar-refractivity contribution is 5.25. The summed E-state index contributed by atoms with van der Waals surface area (Å²) in [5, 5.41) is 10.8. The van der Waals surface area contributed by atoms with Crippen molar-refractivity contribution >= 4 is 0 Å². The summed E-state index contributed by atoms with van der Waals surface area (Å²) in [7, 11) is 1.66. The van der Waals surface area contributed by atoms with E-state index >= 15 is 0 Å². The Kier molecular flexibility index (Phi) is 3.90. The second-order valence-electron chi connectivity index (χ2n) is 5.55. The van der Waals surface area contributed by atoms with Crippen molar-refractivity contribution in [2.75, 3.05) is 20.2 Å². The number of hydrogen-bond acceptors (Lipinski definition) is 4. The molecule has 1 aromatic carbocycles. The fourth-order valence-corrected chi connectivity index (χ4v) is 2.89. The van der Waals surface area contributed by atoms with Crippen LogP contribution in [-0.4, -0.2) is 35.2 Å². The highest BCUT2D eigenvalue weighted by Gasteiger charge is 2.37. The number of aromatic nitrogens is 1. The molecule has 110 valence electrons. The van der Waals surface area contributed by atoms with Gasteiger partial charge in [-0.15, -0.1) is 0 Å². The van der Waals surface area contributed by atoms with Crippen LogP contribution in [0, 0.1) is 0 Å². The summed E-state index contributed by atoms with van der Waals surface area (Å²) in [4.78, 5) is 6.60. The molecule has 1 atom stereocenters. The van der Waals surface area contributed by atoms with Crippen molar-refractivity contribution in [1.82, 2.24) is 9.88 Å². The summed E-state index contributed by atoms with van der Waals surface area (Å²) < 4.78 is 5.22. The lowest BCUT2D eigenvalue weighted by molar-refractivity contribution is 0.0451. The van der Waals surface area contributed by atoms with E-state index in [-0.39, 0.29) is 0 Å². The van der Waals surface area contributed by atoms with Gasteiger partial charge < -0.3 is 9.84 Å². The van der Waals surface area contributed by atoms with E-state index in [4.69, 9.17) is 4.74 Å². The van der Waals surface area contributed by atoms with E-state index in [0.717, 1.165) is 36.5 Å². The molecule has 1 aromatic heterocycles. The number of pyridine rings is 1. The lowest BCUT2D eigenvalue weighted by Gasteiger charge is -2.24. The molecule has 4 nitrogen and oxygen atoms in total. The molecule has 2 heterocycles. The number of benzene rings is 1. The molecule has 0 spiro atoms. The molecule has 1 unspecified atom stereocenters. The summed E-state index contributed by atoms with van der Waals surface area (Å²) in [6, 6.07) is 13.7.